The number of hydrogen-bond acceptors (Lipinski definition) is 7. The molecular weight excluding hydrogens is 488 g/mol. The van der Waals surface area contributed by atoms with Crippen molar-refractivity contribution < 1.29 is 18.3 Å². The number of thiazole rings is 1. The number of nitrogens with zero attached hydrogens (tertiary/aromatic N) is 5. The van der Waals surface area contributed by atoms with Gasteiger partial charge in [0.2, 0.25) is 5.95 Å². The van der Waals surface area contributed by atoms with Gasteiger partial charge in [0.1, 0.15) is 22.1 Å². The maximum Gasteiger partial charge on any atom is 0.275 e. The predicted octanol–water partition coefficient (Wildman–Crippen LogP) is 4.92. The zero-order valence-corrected chi connectivity index (χ0v) is 20.4. The van der Waals surface area contributed by atoms with E-state index in [1.807, 2.05) is 6.92 Å². The molecule has 12 heteroatoms. The van der Waals surface area contributed by atoms with Gasteiger partial charge < -0.3 is 10.1 Å². The second kappa shape index (κ2) is 10.6. The second-order valence-electron chi connectivity index (χ2n) is 8.65. The Morgan fingerprint density at radius 2 is 2.06 bits per heavy atom. The summed E-state index contributed by atoms with van der Waals surface area (Å²) in [6.45, 7) is 3.28. The summed E-state index contributed by atoms with van der Waals surface area (Å²) >= 11 is 1.30. The summed E-state index contributed by atoms with van der Waals surface area (Å²) in [5.41, 5.74) is 0.988. The molecule has 0 unspecified atom stereocenters. The van der Waals surface area contributed by atoms with Crippen LogP contribution in [0.4, 0.5) is 14.5 Å². The number of hydrogen-bond donors (Lipinski definition) is 2. The molecule has 0 bridgehead atoms. The number of aromatic nitrogens is 6. The van der Waals surface area contributed by atoms with Gasteiger partial charge in [-0.3, -0.25) is 14.6 Å². The van der Waals surface area contributed by atoms with E-state index in [2.05, 4.69) is 30.6 Å². The summed E-state index contributed by atoms with van der Waals surface area (Å²) in [4.78, 5) is 21.1. The molecule has 0 spiro atoms. The fraction of sp³-hybridized carbons (Fsp3) is 0.375. The number of amides is 1. The zero-order chi connectivity index (χ0) is 25.1. The number of nitrogens with one attached hydrogen (secondary N) is 2. The molecule has 188 valence electrons. The Bertz CT molecular complexity index is 1330. The number of anilines is 1. The van der Waals surface area contributed by atoms with Crippen molar-refractivity contribution in [2.75, 3.05) is 11.9 Å². The Kier molecular flexibility index (Phi) is 7.14. The molecule has 1 aliphatic carbocycles. The smallest absolute Gasteiger partial charge is 0.275 e. The van der Waals surface area contributed by atoms with Crippen LogP contribution in [0, 0.1) is 17.7 Å². The molecule has 4 aromatic heterocycles. The molecule has 0 atom stereocenters. The van der Waals surface area contributed by atoms with Crippen molar-refractivity contribution in [1.82, 2.24) is 29.9 Å². The number of aromatic amines is 1. The summed E-state index contributed by atoms with van der Waals surface area (Å²) in [6, 6.07) is 1.94. The van der Waals surface area contributed by atoms with Gasteiger partial charge in [-0.05, 0) is 50.7 Å². The van der Waals surface area contributed by atoms with Gasteiger partial charge in [-0.25, -0.2) is 14.4 Å². The Morgan fingerprint density at radius 1 is 1.22 bits per heavy atom. The van der Waals surface area contributed by atoms with Crippen molar-refractivity contribution in [3.63, 3.8) is 0 Å². The molecule has 1 fully saturated rings. The molecule has 1 amide bonds. The van der Waals surface area contributed by atoms with Crippen LogP contribution in [-0.2, 0) is 11.3 Å². The van der Waals surface area contributed by atoms with Crippen LogP contribution < -0.4 is 5.32 Å². The maximum atomic E-state index is 14.6. The van der Waals surface area contributed by atoms with Gasteiger partial charge in [0.25, 0.3) is 5.91 Å². The van der Waals surface area contributed by atoms with E-state index in [0.29, 0.717) is 24.1 Å². The number of carbonyl (C=O) groups excluding carboxylic acids is 1. The van der Waals surface area contributed by atoms with Crippen LogP contribution in [-0.4, -0.2) is 48.6 Å². The van der Waals surface area contributed by atoms with E-state index in [1.54, 1.807) is 28.7 Å². The van der Waals surface area contributed by atoms with Crippen LogP contribution in [0.2, 0.25) is 0 Å². The van der Waals surface area contributed by atoms with Gasteiger partial charge in [-0.2, -0.15) is 14.6 Å². The van der Waals surface area contributed by atoms with Gasteiger partial charge in [0, 0.05) is 36.5 Å². The van der Waals surface area contributed by atoms with E-state index in [-0.39, 0.29) is 28.9 Å². The maximum absolute atomic E-state index is 14.6. The lowest BCUT2D eigenvalue weighted by Gasteiger charge is -2.28. The van der Waals surface area contributed by atoms with E-state index < -0.39 is 17.7 Å². The molecule has 5 rings (SSSR count). The minimum absolute atomic E-state index is 0.0636. The first-order valence-corrected chi connectivity index (χ1v) is 12.7. The average molecular weight is 514 g/mol. The molecule has 0 saturated heterocycles. The molecule has 4 heterocycles. The highest BCUT2D eigenvalue weighted by Crippen LogP contribution is 2.31. The molecule has 9 nitrogen and oxygen atoms in total. The molecule has 0 aromatic carbocycles. The van der Waals surface area contributed by atoms with E-state index in [0.717, 1.165) is 43.4 Å². The third-order valence-electron chi connectivity index (χ3n) is 6.17. The van der Waals surface area contributed by atoms with Crippen molar-refractivity contribution >= 4 is 22.9 Å². The Hall–Kier alpha value is -3.51. The van der Waals surface area contributed by atoms with Crippen molar-refractivity contribution in [2.45, 2.75) is 45.3 Å². The first kappa shape index (κ1) is 24.2. The number of halogens is 2. The molecule has 0 radical (unpaired) electrons. The molecular formula is C24H25F2N7O2S. The zero-order valence-electron chi connectivity index (χ0n) is 19.6. The fourth-order valence-corrected chi connectivity index (χ4v) is 5.19. The standard InChI is InChI=1S/C24H25F2N7O2S/c1-2-35-16-5-3-14(4-6-16)11-33-12-18(22(32-33)21-17(25)7-8-20(26)31-21)29-23(34)19-13-36-24(30-19)15-9-27-28-10-15/h7-10,12-14,16H,2-6,11H2,1H3,(H,27,28)(H,29,34). The molecule has 1 aliphatic rings. The van der Waals surface area contributed by atoms with Crippen LogP contribution in [0.1, 0.15) is 43.1 Å². The Balaban J connectivity index is 1.39. The third kappa shape index (κ3) is 5.34. The highest BCUT2D eigenvalue weighted by molar-refractivity contribution is 7.13. The lowest BCUT2D eigenvalue weighted by Crippen LogP contribution is -2.24. The summed E-state index contributed by atoms with van der Waals surface area (Å²) in [7, 11) is 0. The van der Waals surface area contributed by atoms with Gasteiger partial charge in [-0.1, -0.05) is 0 Å². The van der Waals surface area contributed by atoms with Crippen molar-refractivity contribution in [1.29, 1.82) is 0 Å². The number of ether oxygens (including phenoxy) is 1. The van der Waals surface area contributed by atoms with Crippen LogP contribution >= 0.6 is 11.3 Å². The normalized spacial score (nSPS) is 17.9. The van der Waals surface area contributed by atoms with E-state index in [4.69, 9.17) is 4.74 Å². The summed E-state index contributed by atoms with van der Waals surface area (Å²) in [5, 5.41) is 16.1. The lowest BCUT2D eigenvalue weighted by atomic mass is 9.87. The van der Waals surface area contributed by atoms with Crippen molar-refractivity contribution in [3.05, 3.63) is 53.6 Å². The number of pyridine rings is 1. The summed E-state index contributed by atoms with van der Waals surface area (Å²) in [5.74, 6) is -1.70. The van der Waals surface area contributed by atoms with Crippen LogP contribution in [0.5, 0.6) is 0 Å². The topological polar surface area (TPSA) is 111 Å². The first-order valence-electron chi connectivity index (χ1n) is 11.8. The highest BCUT2D eigenvalue weighted by atomic mass is 32.1. The first-order chi connectivity index (χ1) is 17.5. The quantitative estimate of drug-likeness (QED) is 0.324. The lowest BCUT2D eigenvalue weighted by molar-refractivity contribution is 0.0234. The highest BCUT2D eigenvalue weighted by Gasteiger charge is 2.25. The van der Waals surface area contributed by atoms with Gasteiger partial charge in [0.05, 0.1) is 18.0 Å². The SMILES string of the molecule is CCOC1CCC(Cn2cc(NC(=O)c3csc(-c4cn[nH]c4)n3)c(-c3nc(F)ccc3F)n2)CC1. The largest absolute Gasteiger partial charge is 0.379 e. The van der Waals surface area contributed by atoms with Crippen LogP contribution in [0.15, 0.2) is 36.1 Å². The molecule has 4 aromatic rings. The number of carbonyl (C=O) groups is 1. The van der Waals surface area contributed by atoms with Crippen molar-refractivity contribution in [3.8, 4) is 22.0 Å². The summed E-state index contributed by atoms with van der Waals surface area (Å²) in [6.07, 6.45) is 9.11. The van der Waals surface area contributed by atoms with Crippen LogP contribution in [0.25, 0.3) is 22.0 Å². The van der Waals surface area contributed by atoms with Gasteiger partial charge in [-0.15, -0.1) is 11.3 Å². The van der Waals surface area contributed by atoms with Gasteiger partial charge in [0.15, 0.2) is 5.82 Å². The predicted molar refractivity (Wildman–Crippen MR) is 130 cm³/mol. The van der Waals surface area contributed by atoms with E-state index >= 15 is 0 Å². The van der Waals surface area contributed by atoms with Gasteiger partial charge >= 0.3 is 0 Å². The Labute approximate surface area is 209 Å². The monoisotopic (exact) mass is 513 g/mol. The van der Waals surface area contributed by atoms with E-state index in [9.17, 15) is 13.6 Å². The molecule has 0 aliphatic heterocycles. The average Bonchev–Trinajstić information content (AvgIpc) is 3.63. The summed E-state index contributed by atoms with van der Waals surface area (Å²) < 4.78 is 35.9. The Morgan fingerprint density at radius 3 is 2.81 bits per heavy atom. The second-order valence-corrected chi connectivity index (χ2v) is 9.51. The number of H-pyrrole nitrogens is 1. The number of rotatable bonds is 8. The molecule has 36 heavy (non-hydrogen) atoms. The minimum atomic E-state index is -0.836. The van der Waals surface area contributed by atoms with Crippen LogP contribution in [0.3, 0.4) is 0 Å². The fourth-order valence-electron chi connectivity index (χ4n) is 4.41. The van der Waals surface area contributed by atoms with Crippen molar-refractivity contribution in [2.24, 2.45) is 5.92 Å². The molecule has 1 saturated carbocycles. The third-order valence-corrected chi connectivity index (χ3v) is 7.06. The minimum Gasteiger partial charge on any atom is -0.379 e. The molecule has 2 N–H and O–H groups in total. The van der Waals surface area contributed by atoms with E-state index in [1.165, 1.54) is 11.3 Å².